The predicted octanol–water partition coefficient (Wildman–Crippen LogP) is 3.36. The Morgan fingerprint density at radius 1 is 0.920 bits per heavy atom. The zero-order valence-corrected chi connectivity index (χ0v) is 14.1. The van der Waals surface area contributed by atoms with Crippen LogP contribution < -0.4 is 11.2 Å². The first-order valence-corrected chi connectivity index (χ1v) is 8.06. The Labute approximate surface area is 150 Å². The summed E-state index contributed by atoms with van der Waals surface area (Å²) in [5, 5.41) is 5.46. The van der Waals surface area contributed by atoms with Gasteiger partial charge < -0.3 is 9.97 Å². The van der Waals surface area contributed by atoms with Crippen LogP contribution in [0.3, 0.4) is 0 Å². The van der Waals surface area contributed by atoms with Crippen LogP contribution >= 0.6 is 23.2 Å². The van der Waals surface area contributed by atoms with Crippen LogP contribution in [-0.4, -0.2) is 20.9 Å². The fraction of sp³-hybridized carbons (Fsp3) is 0. The number of hydrogen-bond acceptors (Lipinski definition) is 3. The van der Waals surface area contributed by atoms with Crippen LogP contribution in [0.25, 0.3) is 21.9 Å². The third kappa shape index (κ3) is 2.56. The highest BCUT2D eigenvalue weighted by Crippen LogP contribution is 2.22. The second-order valence-electron chi connectivity index (χ2n) is 5.35. The van der Waals surface area contributed by atoms with Crippen LogP contribution in [-0.2, 0) is 0 Å². The van der Waals surface area contributed by atoms with E-state index in [0.717, 1.165) is 15.6 Å². The van der Waals surface area contributed by atoms with E-state index in [1.807, 2.05) is 24.3 Å². The number of benzene rings is 2. The van der Waals surface area contributed by atoms with Crippen molar-refractivity contribution in [2.45, 2.75) is 0 Å². The lowest BCUT2D eigenvalue weighted by molar-refractivity contribution is 0.770. The molecule has 0 radical (unpaired) electrons. The summed E-state index contributed by atoms with van der Waals surface area (Å²) in [4.78, 5) is 30.6. The number of hydrogen-bond donors (Lipinski definition) is 2. The van der Waals surface area contributed by atoms with E-state index in [9.17, 15) is 9.59 Å². The summed E-state index contributed by atoms with van der Waals surface area (Å²) in [5.74, 6) is 0. The third-order valence-electron chi connectivity index (χ3n) is 3.84. The van der Waals surface area contributed by atoms with Crippen molar-refractivity contribution in [2.75, 3.05) is 0 Å². The van der Waals surface area contributed by atoms with Gasteiger partial charge in [-0.2, -0.15) is 5.10 Å². The van der Waals surface area contributed by atoms with Gasteiger partial charge in [0.05, 0.1) is 21.8 Å². The first kappa shape index (κ1) is 15.7. The molecule has 0 aliphatic carbocycles. The first-order chi connectivity index (χ1) is 12.1. The van der Waals surface area contributed by atoms with E-state index >= 15 is 0 Å². The van der Waals surface area contributed by atoms with E-state index in [2.05, 4.69) is 15.1 Å². The molecule has 25 heavy (non-hydrogen) atoms. The van der Waals surface area contributed by atoms with Crippen LogP contribution in [0.5, 0.6) is 0 Å². The van der Waals surface area contributed by atoms with Crippen molar-refractivity contribution in [2.24, 2.45) is 5.10 Å². The van der Waals surface area contributed by atoms with Crippen molar-refractivity contribution in [3.8, 4) is 0 Å². The fourth-order valence-electron chi connectivity index (χ4n) is 2.64. The molecule has 0 unspecified atom stereocenters. The van der Waals surface area contributed by atoms with Gasteiger partial charge in [0.2, 0.25) is 0 Å². The molecule has 0 spiro atoms. The second-order valence-corrected chi connectivity index (χ2v) is 6.16. The van der Waals surface area contributed by atoms with E-state index in [1.54, 1.807) is 18.2 Å². The first-order valence-electron chi connectivity index (χ1n) is 7.30. The van der Waals surface area contributed by atoms with Gasteiger partial charge in [-0.15, -0.1) is 4.68 Å². The molecule has 6 nitrogen and oxygen atoms in total. The van der Waals surface area contributed by atoms with E-state index in [4.69, 9.17) is 23.2 Å². The molecule has 0 aliphatic rings. The summed E-state index contributed by atoms with van der Waals surface area (Å²) in [6.45, 7) is 0. The van der Waals surface area contributed by atoms with Crippen molar-refractivity contribution >= 4 is 51.4 Å². The Morgan fingerprint density at radius 3 is 2.40 bits per heavy atom. The van der Waals surface area contributed by atoms with Crippen LogP contribution in [0.15, 0.2) is 57.2 Å². The highest BCUT2D eigenvalue weighted by atomic mass is 35.5. The fourth-order valence-corrected chi connectivity index (χ4v) is 3.14. The minimum absolute atomic E-state index is 0.267. The number of nitrogens with one attached hydrogen (secondary N) is 2. The second kappa shape index (κ2) is 5.91. The standard InChI is InChI=1S/C17H10Cl2N4O2/c18-11-5-3-6-12(19)10(11)8-20-23-16(24)15-14(22-17(23)25)9-4-1-2-7-13(9)21-15/h1-8,21H,(H,22,25)/b20-8+. The molecule has 4 rings (SSSR count). The van der Waals surface area contributed by atoms with Crippen molar-refractivity contribution in [1.29, 1.82) is 0 Å². The van der Waals surface area contributed by atoms with E-state index in [-0.39, 0.29) is 5.52 Å². The summed E-state index contributed by atoms with van der Waals surface area (Å²) in [6, 6.07) is 12.3. The minimum atomic E-state index is -0.651. The summed E-state index contributed by atoms with van der Waals surface area (Å²) in [5.41, 5.74) is 0.682. The summed E-state index contributed by atoms with van der Waals surface area (Å²) < 4.78 is 0.734. The number of aromatic amines is 2. The maximum absolute atomic E-state index is 12.6. The monoisotopic (exact) mass is 372 g/mol. The Bertz CT molecular complexity index is 1250. The van der Waals surface area contributed by atoms with E-state index in [0.29, 0.717) is 21.1 Å². The van der Waals surface area contributed by atoms with Crippen LogP contribution in [0.2, 0.25) is 10.0 Å². The summed E-state index contributed by atoms with van der Waals surface area (Å²) in [7, 11) is 0. The molecule has 0 saturated carbocycles. The highest BCUT2D eigenvalue weighted by molar-refractivity contribution is 6.38. The maximum Gasteiger partial charge on any atom is 0.350 e. The molecule has 2 N–H and O–H groups in total. The lowest BCUT2D eigenvalue weighted by atomic mass is 10.2. The number of nitrogens with zero attached hydrogens (tertiary/aromatic N) is 2. The average Bonchev–Trinajstić information content (AvgIpc) is 2.96. The molecular weight excluding hydrogens is 363 g/mol. The zero-order valence-electron chi connectivity index (χ0n) is 12.6. The number of rotatable bonds is 2. The van der Waals surface area contributed by atoms with Crippen molar-refractivity contribution in [3.05, 3.63) is 78.9 Å². The number of H-pyrrole nitrogens is 2. The molecule has 0 bridgehead atoms. The molecule has 2 aromatic carbocycles. The van der Waals surface area contributed by atoms with Crippen LogP contribution in [0.4, 0.5) is 0 Å². The van der Waals surface area contributed by atoms with Gasteiger partial charge in [0.1, 0.15) is 5.52 Å². The summed E-state index contributed by atoms with van der Waals surface area (Å²) in [6.07, 6.45) is 1.29. The van der Waals surface area contributed by atoms with E-state index < -0.39 is 11.2 Å². The molecule has 124 valence electrons. The zero-order chi connectivity index (χ0) is 17.6. The van der Waals surface area contributed by atoms with Gasteiger partial charge in [0, 0.05) is 16.5 Å². The van der Waals surface area contributed by atoms with Gasteiger partial charge in [-0.3, -0.25) is 4.79 Å². The van der Waals surface area contributed by atoms with Crippen LogP contribution in [0, 0.1) is 0 Å². The molecule has 8 heteroatoms. The van der Waals surface area contributed by atoms with Gasteiger partial charge in [0.15, 0.2) is 0 Å². The van der Waals surface area contributed by atoms with Crippen molar-refractivity contribution in [3.63, 3.8) is 0 Å². The Kier molecular flexibility index (Phi) is 3.71. The number of para-hydroxylation sites is 1. The van der Waals surface area contributed by atoms with Gasteiger partial charge in [-0.05, 0) is 18.2 Å². The van der Waals surface area contributed by atoms with Crippen molar-refractivity contribution in [1.82, 2.24) is 14.6 Å². The van der Waals surface area contributed by atoms with Gasteiger partial charge in [-0.25, -0.2) is 4.79 Å². The Balaban J connectivity index is 1.94. The smallest absolute Gasteiger partial charge is 0.349 e. The van der Waals surface area contributed by atoms with Gasteiger partial charge >= 0.3 is 11.2 Å². The minimum Gasteiger partial charge on any atom is -0.349 e. The summed E-state index contributed by atoms with van der Waals surface area (Å²) >= 11 is 12.1. The average molecular weight is 373 g/mol. The molecule has 0 saturated heterocycles. The number of fused-ring (bicyclic) bond motifs is 3. The highest BCUT2D eigenvalue weighted by Gasteiger charge is 2.12. The molecule has 0 amide bonds. The molecule has 4 aromatic rings. The lowest BCUT2D eigenvalue weighted by Crippen LogP contribution is -2.32. The molecule has 0 atom stereocenters. The predicted molar refractivity (Wildman–Crippen MR) is 100 cm³/mol. The number of aromatic nitrogens is 3. The lowest BCUT2D eigenvalue weighted by Gasteiger charge is -2.01. The van der Waals surface area contributed by atoms with Crippen molar-refractivity contribution < 1.29 is 0 Å². The maximum atomic E-state index is 12.6. The largest absolute Gasteiger partial charge is 0.350 e. The van der Waals surface area contributed by atoms with Gasteiger partial charge in [0.25, 0.3) is 0 Å². The van der Waals surface area contributed by atoms with Gasteiger partial charge in [-0.1, -0.05) is 47.5 Å². The molecule has 2 aromatic heterocycles. The SMILES string of the molecule is O=c1[nH]c2c([nH]c3ccccc32)c(=O)n1/N=C/c1c(Cl)cccc1Cl. The van der Waals surface area contributed by atoms with E-state index in [1.165, 1.54) is 6.21 Å². The molecular formula is C17H10Cl2N4O2. The molecule has 2 heterocycles. The molecule has 0 aliphatic heterocycles. The normalized spacial score (nSPS) is 11.8. The quantitative estimate of drug-likeness (QED) is 0.528. The Morgan fingerprint density at radius 2 is 1.64 bits per heavy atom. The molecule has 0 fully saturated rings. The van der Waals surface area contributed by atoms with Crippen LogP contribution in [0.1, 0.15) is 5.56 Å². The topological polar surface area (TPSA) is 83.0 Å². The Hall–Kier alpha value is -2.83. The number of halogens is 2. The third-order valence-corrected chi connectivity index (χ3v) is 4.50.